The van der Waals surface area contributed by atoms with E-state index in [1.54, 1.807) is 12.4 Å². The summed E-state index contributed by atoms with van der Waals surface area (Å²) in [6.45, 7) is 1.45. The van der Waals surface area contributed by atoms with Crippen LogP contribution in [0.3, 0.4) is 0 Å². The van der Waals surface area contributed by atoms with Gasteiger partial charge in [0.15, 0.2) is 11.0 Å². The molecule has 1 fully saturated rings. The van der Waals surface area contributed by atoms with Crippen LogP contribution in [0.15, 0.2) is 58.4 Å². The van der Waals surface area contributed by atoms with E-state index in [1.165, 1.54) is 11.8 Å². The standard InChI is InChI=1S/C20H20BrN5O2S/c21-16-5-1-2-6-17(16)23-18(27)13-29-20-25-24-19(14-7-9-22-10-8-14)26(20)12-15-4-3-11-28-15/h1-2,5-10,15H,3-4,11-13H2,(H,23,27). The van der Waals surface area contributed by atoms with Crippen LogP contribution < -0.4 is 5.32 Å². The first-order chi connectivity index (χ1) is 14.2. The summed E-state index contributed by atoms with van der Waals surface area (Å²) in [5, 5.41) is 12.3. The molecule has 1 aromatic carbocycles. The van der Waals surface area contributed by atoms with Gasteiger partial charge < -0.3 is 10.1 Å². The lowest BCUT2D eigenvalue weighted by atomic mass is 10.2. The van der Waals surface area contributed by atoms with Gasteiger partial charge in [0.05, 0.1) is 24.1 Å². The number of anilines is 1. The molecule has 0 bridgehead atoms. The Bertz CT molecular complexity index is 976. The summed E-state index contributed by atoms with van der Waals surface area (Å²) in [6.07, 6.45) is 5.69. The Balaban J connectivity index is 1.49. The molecule has 2 aromatic heterocycles. The van der Waals surface area contributed by atoms with Crippen molar-refractivity contribution in [1.82, 2.24) is 19.7 Å². The van der Waals surface area contributed by atoms with E-state index in [-0.39, 0.29) is 17.8 Å². The second-order valence-corrected chi connectivity index (χ2v) is 8.40. The summed E-state index contributed by atoms with van der Waals surface area (Å²) in [5.41, 5.74) is 1.69. The summed E-state index contributed by atoms with van der Waals surface area (Å²) in [6, 6.07) is 11.3. The van der Waals surface area contributed by atoms with Crippen LogP contribution in [0.25, 0.3) is 11.4 Å². The molecule has 1 N–H and O–H groups in total. The second-order valence-electron chi connectivity index (χ2n) is 6.60. The molecule has 0 saturated carbocycles. The van der Waals surface area contributed by atoms with Gasteiger partial charge in [0.25, 0.3) is 0 Å². The Morgan fingerprint density at radius 3 is 2.83 bits per heavy atom. The molecule has 1 aliphatic heterocycles. The zero-order valence-corrected chi connectivity index (χ0v) is 18.0. The maximum atomic E-state index is 12.4. The van der Waals surface area contributed by atoms with E-state index in [9.17, 15) is 4.79 Å². The third kappa shape index (κ3) is 5.04. The minimum absolute atomic E-state index is 0.0981. The zero-order chi connectivity index (χ0) is 20.1. The Labute approximate surface area is 181 Å². The summed E-state index contributed by atoms with van der Waals surface area (Å²) < 4.78 is 8.70. The number of ether oxygens (including phenoxy) is 1. The highest BCUT2D eigenvalue weighted by Gasteiger charge is 2.22. The zero-order valence-electron chi connectivity index (χ0n) is 15.6. The quantitative estimate of drug-likeness (QED) is 0.521. The molecule has 150 valence electrons. The van der Waals surface area contributed by atoms with E-state index >= 15 is 0 Å². The number of pyridine rings is 1. The lowest BCUT2D eigenvalue weighted by molar-refractivity contribution is -0.113. The summed E-state index contributed by atoms with van der Waals surface area (Å²) in [5.74, 6) is 0.900. The highest BCUT2D eigenvalue weighted by Crippen LogP contribution is 2.27. The fourth-order valence-electron chi connectivity index (χ4n) is 3.15. The molecule has 0 aliphatic carbocycles. The maximum Gasteiger partial charge on any atom is 0.234 e. The number of aromatic nitrogens is 4. The molecule has 1 saturated heterocycles. The van der Waals surface area contributed by atoms with Gasteiger partial charge in [0.2, 0.25) is 5.91 Å². The predicted molar refractivity (Wildman–Crippen MR) is 116 cm³/mol. The molecule has 3 aromatic rings. The van der Waals surface area contributed by atoms with Crippen molar-refractivity contribution in [2.75, 3.05) is 17.7 Å². The lowest BCUT2D eigenvalue weighted by Crippen LogP contribution is -2.18. The minimum atomic E-state index is -0.0981. The van der Waals surface area contributed by atoms with Gasteiger partial charge in [-0.2, -0.15) is 0 Å². The van der Waals surface area contributed by atoms with E-state index in [4.69, 9.17) is 4.74 Å². The Morgan fingerprint density at radius 2 is 2.07 bits per heavy atom. The molecule has 3 heterocycles. The van der Waals surface area contributed by atoms with Crippen molar-refractivity contribution in [3.63, 3.8) is 0 Å². The number of hydrogen-bond donors (Lipinski definition) is 1. The SMILES string of the molecule is O=C(CSc1nnc(-c2ccncc2)n1CC1CCCO1)Nc1ccccc1Br. The molecular formula is C20H20BrN5O2S. The number of hydrogen-bond acceptors (Lipinski definition) is 6. The van der Waals surface area contributed by atoms with E-state index in [2.05, 4.69) is 36.4 Å². The summed E-state index contributed by atoms with van der Waals surface area (Å²) in [4.78, 5) is 16.5. The number of rotatable bonds is 7. The molecule has 29 heavy (non-hydrogen) atoms. The molecule has 7 nitrogen and oxygen atoms in total. The first kappa shape index (κ1) is 20.1. The van der Waals surface area contributed by atoms with Crippen molar-refractivity contribution in [3.05, 3.63) is 53.3 Å². The number of nitrogens with one attached hydrogen (secondary N) is 1. The average molecular weight is 474 g/mol. The van der Waals surface area contributed by atoms with Gasteiger partial charge in [-0.05, 0) is 53.0 Å². The molecule has 1 aliphatic rings. The van der Waals surface area contributed by atoms with Crippen molar-refractivity contribution < 1.29 is 9.53 Å². The monoisotopic (exact) mass is 473 g/mol. The molecular weight excluding hydrogens is 454 g/mol. The van der Waals surface area contributed by atoms with Crippen molar-refractivity contribution in [3.8, 4) is 11.4 Å². The Kier molecular flexibility index (Phi) is 6.58. The van der Waals surface area contributed by atoms with Crippen LogP contribution >= 0.6 is 27.7 Å². The third-order valence-electron chi connectivity index (χ3n) is 4.55. The van der Waals surface area contributed by atoms with Crippen LogP contribution in [-0.2, 0) is 16.1 Å². The highest BCUT2D eigenvalue weighted by molar-refractivity contribution is 9.10. The summed E-state index contributed by atoms with van der Waals surface area (Å²) >= 11 is 4.81. The topological polar surface area (TPSA) is 81.9 Å². The highest BCUT2D eigenvalue weighted by atomic mass is 79.9. The summed E-state index contributed by atoms with van der Waals surface area (Å²) in [7, 11) is 0. The molecule has 0 radical (unpaired) electrons. The molecule has 1 amide bonds. The number of thioether (sulfide) groups is 1. The maximum absolute atomic E-state index is 12.4. The lowest BCUT2D eigenvalue weighted by Gasteiger charge is -2.14. The molecule has 1 unspecified atom stereocenters. The van der Waals surface area contributed by atoms with E-state index < -0.39 is 0 Å². The van der Waals surface area contributed by atoms with E-state index in [0.29, 0.717) is 11.7 Å². The number of nitrogens with zero attached hydrogens (tertiary/aromatic N) is 4. The largest absolute Gasteiger partial charge is 0.376 e. The first-order valence-electron chi connectivity index (χ1n) is 9.33. The number of amides is 1. The van der Waals surface area contributed by atoms with Crippen LogP contribution in [0.2, 0.25) is 0 Å². The van der Waals surface area contributed by atoms with E-state index in [1.807, 2.05) is 41.0 Å². The fraction of sp³-hybridized carbons (Fsp3) is 0.300. The van der Waals surface area contributed by atoms with Gasteiger partial charge in [-0.1, -0.05) is 23.9 Å². The number of benzene rings is 1. The smallest absolute Gasteiger partial charge is 0.234 e. The van der Waals surface area contributed by atoms with Crippen LogP contribution in [-0.4, -0.2) is 44.1 Å². The molecule has 1 atom stereocenters. The van der Waals surface area contributed by atoms with Gasteiger partial charge in [-0.25, -0.2) is 0 Å². The van der Waals surface area contributed by atoms with Crippen molar-refractivity contribution in [1.29, 1.82) is 0 Å². The van der Waals surface area contributed by atoms with Crippen LogP contribution in [0.1, 0.15) is 12.8 Å². The Morgan fingerprint density at radius 1 is 1.24 bits per heavy atom. The number of halogens is 1. The van der Waals surface area contributed by atoms with Crippen LogP contribution in [0.4, 0.5) is 5.69 Å². The minimum Gasteiger partial charge on any atom is -0.376 e. The molecule has 9 heteroatoms. The third-order valence-corrected chi connectivity index (χ3v) is 6.20. The number of carbonyl (C=O) groups is 1. The van der Waals surface area contributed by atoms with Crippen molar-refractivity contribution >= 4 is 39.3 Å². The van der Waals surface area contributed by atoms with Crippen molar-refractivity contribution in [2.45, 2.75) is 30.6 Å². The average Bonchev–Trinajstić information content (AvgIpc) is 3.39. The fourth-order valence-corrected chi connectivity index (χ4v) is 4.28. The van der Waals surface area contributed by atoms with Crippen LogP contribution in [0.5, 0.6) is 0 Å². The molecule has 4 rings (SSSR count). The van der Waals surface area contributed by atoms with Gasteiger partial charge in [0.1, 0.15) is 0 Å². The number of para-hydroxylation sites is 1. The predicted octanol–water partition coefficient (Wildman–Crippen LogP) is 4.01. The Hall–Kier alpha value is -2.23. The number of carbonyl (C=O) groups excluding carboxylic acids is 1. The van der Waals surface area contributed by atoms with Crippen LogP contribution in [0, 0.1) is 0 Å². The van der Waals surface area contributed by atoms with Gasteiger partial charge >= 0.3 is 0 Å². The normalized spacial score (nSPS) is 16.1. The van der Waals surface area contributed by atoms with Crippen molar-refractivity contribution in [2.24, 2.45) is 0 Å². The van der Waals surface area contributed by atoms with Gasteiger partial charge in [-0.3, -0.25) is 14.3 Å². The molecule has 0 spiro atoms. The van der Waals surface area contributed by atoms with Gasteiger partial charge in [0, 0.05) is 29.0 Å². The van der Waals surface area contributed by atoms with Gasteiger partial charge in [-0.15, -0.1) is 10.2 Å². The first-order valence-corrected chi connectivity index (χ1v) is 11.1. The van der Waals surface area contributed by atoms with E-state index in [0.717, 1.165) is 41.0 Å². The second kappa shape index (κ2) is 9.51.